The smallest absolute Gasteiger partial charge is 0.242 e. The normalized spacial score (nSPS) is 28.7. The first-order chi connectivity index (χ1) is 46.6. The highest BCUT2D eigenvalue weighted by molar-refractivity contribution is 5.92. The average molecular weight is 1360 g/mol. The third-order valence-electron chi connectivity index (χ3n) is 21.9. The monoisotopic (exact) mass is 1360 g/mol. The van der Waals surface area contributed by atoms with E-state index in [1.165, 1.54) is 6.92 Å². The van der Waals surface area contributed by atoms with E-state index in [4.69, 9.17) is 22.9 Å². The van der Waals surface area contributed by atoms with Crippen molar-refractivity contribution in [3.05, 3.63) is 0 Å². The average Bonchev–Trinajstić information content (AvgIpc) is 1.80. The van der Waals surface area contributed by atoms with Crippen molar-refractivity contribution in [1.82, 2.24) is 58.5 Å². The van der Waals surface area contributed by atoms with Gasteiger partial charge < -0.3 is 81.4 Å². The lowest BCUT2D eigenvalue weighted by Crippen LogP contribution is -2.55. The van der Waals surface area contributed by atoms with Gasteiger partial charge in [0.05, 0.1) is 41.4 Å². The van der Waals surface area contributed by atoms with Crippen LogP contribution in [0.3, 0.4) is 0 Å². The third-order valence-corrected chi connectivity index (χ3v) is 21.9. The van der Waals surface area contributed by atoms with Crippen molar-refractivity contribution in [2.45, 2.75) is 299 Å². The largest absolute Gasteiger partial charge is 0.369 e. The number of carbonyl (C=O) groups excluding carboxylic acids is 12. The van der Waals surface area contributed by atoms with Crippen LogP contribution >= 0.6 is 0 Å². The molecule has 0 radical (unpaired) electrons. The Kier molecular flexibility index (Phi) is 31.6. The minimum absolute atomic E-state index is 0.0273. The number of amides is 12. The molecule has 0 aromatic heterocycles. The Labute approximate surface area is 573 Å². The second-order valence-corrected chi connectivity index (χ2v) is 29.7. The Bertz CT molecular complexity index is 2690. The number of unbranched alkanes of at least 4 members (excludes halogenated alkanes) is 3. The molecule has 0 spiro atoms. The van der Waals surface area contributed by atoms with Gasteiger partial charge in [-0.25, -0.2) is 0 Å². The first kappa shape index (κ1) is 77.9. The van der Waals surface area contributed by atoms with Gasteiger partial charge >= 0.3 is 0 Å². The quantitative estimate of drug-likeness (QED) is 0.0391. The van der Waals surface area contributed by atoms with Crippen LogP contribution in [0.5, 0.6) is 0 Å². The lowest BCUT2D eigenvalue weighted by atomic mass is 9.96. The standard InChI is InChI=1S/C70H119N15O12/c1-40(2)37-43(77-64(91)48-22-14-31-55(48)81-66(93)50-24-16-33-57(50)82-69(96)58(25-5-8-35-72)84-67(94)45-19-11-28-52(45)75-41(3)86)39-61(88)79-53-29-12-20-46(53)68(95)85-59(26-6-9-36-73)70(97)83-56-32-15-23-49(56)65(92)80-54-30-13-21-47(54)63(90)76-42(17-4-7-34-71)38-60(87)78-51-27-10-18-44(51)62(74)89/h40,42-59H,4-39,71-73H2,1-3H3,(H2,74,89)(H,75,86)(H,76,90)(H,77,91)(H,78,87)(H,79,88)(H,80,92)(H,81,93)(H,82,96)(H,83,97)(H,84,94)(H,85,95)/t42-,43-,44-,45-,46-,47-,48-,49-,50-,51-,52-,53-,54-,55-,56-,57-,58-,59-/m0/s1. The maximum Gasteiger partial charge on any atom is 0.242 e. The number of rotatable bonds is 38. The molecule has 0 aromatic carbocycles. The Morgan fingerprint density at radius 3 is 1.00 bits per heavy atom. The molecule has 7 aliphatic rings. The zero-order valence-electron chi connectivity index (χ0n) is 58.1. The minimum Gasteiger partial charge on any atom is -0.369 e. The Hall–Kier alpha value is -6.48. The van der Waals surface area contributed by atoms with Crippen molar-refractivity contribution in [2.24, 2.45) is 70.3 Å². The summed E-state index contributed by atoms with van der Waals surface area (Å²) in [5.41, 5.74) is 23.0. The first-order valence-electron chi connectivity index (χ1n) is 37.3. The number of carbonyl (C=O) groups is 12. The molecule has 546 valence electrons. The van der Waals surface area contributed by atoms with E-state index in [-0.39, 0.29) is 89.9 Å². The second-order valence-electron chi connectivity index (χ2n) is 29.7. The minimum atomic E-state index is -0.940. The van der Waals surface area contributed by atoms with E-state index in [0.29, 0.717) is 199 Å². The maximum atomic E-state index is 14.3. The fourth-order valence-electron chi connectivity index (χ4n) is 16.8. The lowest BCUT2D eigenvalue weighted by molar-refractivity contribution is -0.134. The molecule has 7 saturated carbocycles. The summed E-state index contributed by atoms with van der Waals surface area (Å²) in [6.45, 7) is 6.72. The van der Waals surface area contributed by atoms with Gasteiger partial charge in [0.25, 0.3) is 0 Å². The van der Waals surface area contributed by atoms with Crippen LogP contribution in [0.2, 0.25) is 0 Å². The number of hydrogen-bond acceptors (Lipinski definition) is 15. The molecule has 7 fully saturated rings. The van der Waals surface area contributed by atoms with E-state index < -0.39 is 108 Å². The predicted molar refractivity (Wildman–Crippen MR) is 365 cm³/mol. The summed E-state index contributed by atoms with van der Waals surface area (Å²) in [6.07, 6.45) is 18.6. The van der Waals surface area contributed by atoms with Crippen LogP contribution in [0.25, 0.3) is 0 Å². The molecule has 0 saturated heterocycles. The lowest BCUT2D eigenvalue weighted by Gasteiger charge is -2.29. The van der Waals surface area contributed by atoms with Crippen molar-refractivity contribution in [1.29, 1.82) is 0 Å². The van der Waals surface area contributed by atoms with Gasteiger partial charge in [-0.2, -0.15) is 0 Å². The van der Waals surface area contributed by atoms with Crippen LogP contribution in [0, 0.1) is 47.3 Å². The van der Waals surface area contributed by atoms with Crippen LogP contribution in [0.1, 0.15) is 233 Å². The van der Waals surface area contributed by atoms with Crippen molar-refractivity contribution in [3.63, 3.8) is 0 Å². The molecule has 18 atom stereocenters. The molecule has 27 nitrogen and oxygen atoms in total. The van der Waals surface area contributed by atoms with E-state index in [2.05, 4.69) is 58.5 Å². The molecular weight excluding hydrogens is 1240 g/mol. The summed E-state index contributed by atoms with van der Waals surface area (Å²) in [5.74, 6) is -7.32. The third kappa shape index (κ3) is 23.6. The highest BCUT2D eigenvalue weighted by Crippen LogP contribution is 2.34. The summed E-state index contributed by atoms with van der Waals surface area (Å²) < 4.78 is 0. The summed E-state index contributed by atoms with van der Waals surface area (Å²) in [5, 5.41) is 33.7. The number of nitrogens with one attached hydrogen (secondary N) is 11. The Morgan fingerprint density at radius 2 is 0.639 bits per heavy atom. The number of nitrogens with two attached hydrogens (primary N) is 4. The first-order valence-corrected chi connectivity index (χ1v) is 37.3. The van der Waals surface area contributed by atoms with Gasteiger partial charge in [-0.05, 0) is 173 Å². The van der Waals surface area contributed by atoms with Gasteiger partial charge in [0, 0.05) is 74.1 Å². The highest BCUT2D eigenvalue weighted by Gasteiger charge is 2.45. The molecule has 19 N–H and O–H groups in total. The molecule has 0 aliphatic heterocycles. The van der Waals surface area contributed by atoms with Crippen molar-refractivity contribution in [2.75, 3.05) is 19.6 Å². The van der Waals surface area contributed by atoms with Crippen molar-refractivity contribution < 1.29 is 57.5 Å². The van der Waals surface area contributed by atoms with E-state index in [1.807, 2.05) is 13.8 Å². The Balaban J connectivity index is 0.890. The Morgan fingerprint density at radius 1 is 0.340 bits per heavy atom. The number of primary amides is 1. The molecule has 0 heterocycles. The molecule has 7 aliphatic carbocycles. The molecule has 12 amide bonds. The fourth-order valence-corrected chi connectivity index (χ4v) is 16.8. The molecule has 0 unspecified atom stereocenters. The summed E-state index contributed by atoms with van der Waals surface area (Å²) in [7, 11) is 0. The van der Waals surface area contributed by atoms with Gasteiger partial charge in [0.1, 0.15) is 12.1 Å². The van der Waals surface area contributed by atoms with Crippen LogP contribution in [0.4, 0.5) is 0 Å². The van der Waals surface area contributed by atoms with Crippen molar-refractivity contribution >= 4 is 70.9 Å². The molecule has 0 bridgehead atoms. The highest BCUT2D eigenvalue weighted by atomic mass is 16.2. The predicted octanol–water partition coefficient (Wildman–Crippen LogP) is 1.64. The van der Waals surface area contributed by atoms with Crippen molar-refractivity contribution in [3.8, 4) is 0 Å². The van der Waals surface area contributed by atoms with E-state index in [1.54, 1.807) is 0 Å². The number of hydrogen-bond donors (Lipinski definition) is 15. The summed E-state index contributed by atoms with van der Waals surface area (Å²) in [4.78, 5) is 164. The van der Waals surface area contributed by atoms with Gasteiger partial charge in [0.15, 0.2) is 0 Å². The van der Waals surface area contributed by atoms with Gasteiger partial charge in [0.2, 0.25) is 70.9 Å². The van der Waals surface area contributed by atoms with Gasteiger partial charge in [-0.3, -0.25) is 57.5 Å². The van der Waals surface area contributed by atoms with E-state index in [0.717, 1.165) is 19.3 Å². The van der Waals surface area contributed by atoms with E-state index >= 15 is 0 Å². The molecule has 97 heavy (non-hydrogen) atoms. The molecular formula is C70H119N15O12. The van der Waals surface area contributed by atoms with Gasteiger partial charge in [-0.1, -0.05) is 65.2 Å². The topological polar surface area (TPSA) is 441 Å². The SMILES string of the molecule is CC(=O)N[C@H]1CCC[C@@H]1C(=O)N[C@@H](CCCCN)C(=O)N[C@H]1CCC[C@@H]1C(=O)N[C@H]1CCC[C@@H]1C(=O)N[C@H](CC(=O)N[C@H]1CCC[C@@H]1C(=O)N[C@@H](CCCCN)C(=O)N[C@H]1CCC[C@@H]1C(=O)N[C@H]1CCC[C@@H]1C(=O)N[C@@H](CCCCN)CC(=O)N[C@H]1CCC[C@@H]1C(N)=O)CC(C)C. The zero-order chi connectivity index (χ0) is 70.1. The summed E-state index contributed by atoms with van der Waals surface area (Å²) >= 11 is 0. The van der Waals surface area contributed by atoms with E-state index in [9.17, 15) is 57.5 Å². The maximum absolute atomic E-state index is 14.3. The van der Waals surface area contributed by atoms with Crippen LogP contribution in [-0.2, 0) is 57.5 Å². The van der Waals surface area contributed by atoms with Crippen LogP contribution < -0.4 is 81.4 Å². The molecule has 27 heteroatoms. The fraction of sp³-hybridized carbons (Fsp3) is 0.829. The van der Waals surface area contributed by atoms with Gasteiger partial charge in [-0.15, -0.1) is 0 Å². The zero-order valence-corrected chi connectivity index (χ0v) is 58.1. The second kappa shape index (κ2) is 39.3. The molecule has 0 aromatic rings. The molecule has 7 rings (SSSR count). The summed E-state index contributed by atoms with van der Waals surface area (Å²) in [6, 6.07) is -5.90. The van der Waals surface area contributed by atoms with Crippen LogP contribution in [0.15, 0.2) is 0 Å². The van der Waals surface area contributed by atoms with Crippen LogP contribution in [-0.4, -0.2) is 157 Å².